The van der Waals surface area contributed by atoms with E-state index in [9.17, 15) is 14.4 Å². The number of likely N-dealkylation sites (N-methyl/N-ethyl adjacent to an activating group) is 2. The van der Waals surface area contributed by atoms with Crippen molar-refractivity contribution in [3.63, 3.8) is 0 Å². The molecule has 2 heterocycles. The average Bonchev–Trinajstić information content (AvgIpc) is 3.76. The van der Waals surface area contributed by atoms with E-state index in [2.05, 4.69) is 43.2 Å². The number of rotatable bonds is 16. The summed E-state index contributed by atoms with van der Waals surface area (Å²) >= 11 is 1.57. The van der Waals surface area contributed by atoms with Crippen molar-refractivity contribution in [1.82, 2.24) is 20.0 Å². The summed E-state index contributed by atoms with van der Waals surface area (Å²) in [5, 5.41) is 7.29. The van der Waals surface area contributed by atoms with Crippen LogP contribution in [0.4, 0.5) is 0 Å². The van der Waals surface area contributed by atoms with Crippen LogP contribution >= 0.6 is 11.3 Å². The van der Waals surface area contributed by atoms with E-state index in [4.69, 9.17) is 5.73 Å². The van der Waals surface area contributed by atoms with Crippen molar-refractivity contribution >= 4 is 39.8 Å². The van der Waals surface area contributed by atoms with Gasteiger partial charge in [0.2, 0.25) is 17.7 Å². The average molecular weight is 660 g/mol. The Labute approximate surface area is 285 Å². The molecule has 3 aromatic rings. The lowest BCUT2D eigenvalue weighted by Gasteiger charge is -2.34. The summed E-state index contributed by atoms with van der Waals surface area (Å²) in [6, 6.07) is 17.1. The highest BCUT2D eigenvalue weighted by Crippen LogP contribution is 2.22. The highest BCUT2D eigenvalue weighted by Gasteiger charge is 2.35. The van der Waals surface area contributed by atoms with E-state index in [-0.39, 0.29) is 23.3 Å². The second-order valence-corrected chi connectivity index (χ2v) is 14.2. The molecule has 3 amide bonds. The molecule has 1 aliphatic heterocycles. The minimum absolute atomic E-state index is 0.174. The molecule has 4 rings (SSSR count). The third-order valence-corrected chi connectivity index (χ3v) is 11.0. The maximum Gasteiger partial charge on any atom is 0.246 e. The second kappa shape index (κ2) is 17.0. The standard InChI is InChI=1S/C38H53N5O3S/c1-6-38(39,7-2)21-10-17-35(44)42(4)34(26-28-18-19-29-13-8-9-14-30(29)25-28)37(46)43(5)33(27-32-16-12-24-47-32)36(45)40-22-20-31-15-11-23-41(31)3/h8-10,12-14,16-19,24-25,31,33-34H,6-7,11,15,20-23,26-27,39H2,1-5H3,(H,40,45)/b17-10+/t31?,33-,34-/m1/s1. The zero-order valence-electron chi connectivity index (χ0n) is 28.8. The van der Waals surface area contributed by atoms with Gasteiger partial charge in [0.15, 0.2) is 0 Å². The number of benzene rings is 2. The molecule has 0 radical (unpaired) electrons. The predicted molar refractivity (Wildman–Crippen MR) is 193 cm³/mol. The van der Waals surface area contributed by atoms with Crippen LogP contribution in [0, 0.1) is 0 Å². The minimum atomic E-state index is -0.816. The monoisotopic (exact) mass is 659 g/mol. The molecule has 1 aromatic heterocycles. The van der Waals surface area contributed by atoms with Gasteiger partial charge in [-0.15, -0.1) is 11.3 Å². The van der Waals surface area contributed by atoms with Crippen LogP contribution in [0.3, 0.4) is 0 Å². The number of nitrogens with zero attached hydrogens (tertiary/aromatic N) is 3. The number of hydrogen-bond donors (Lipinski definition) is 2. The molecule has 9 heteroatoms. The summed E-state index contributed by atoms with van der Waals surface area (Å²) in [6.07, 6.45) is 9.44. The first-order chi connectivity index (χ1) is 22.5. The molecule has 47 heavy (non-hydrogen) atoms. The molecule has 3 atom stereocenters. The van der Waals surface area contributed by atoms with Gasteiger partial charge in [0.25, 0.3) is 0 Å². The number of hydrogen-bond acceptors (Lipinski definition) is 6. The Hall–Kier alpha value is -3.53. The Morgan fingerprint density at radius 3 is 2.43 bits per heavy atom. The van der Waals surface area contributed by atoms with Crippen molar-refractivity contribution in [1.29, 1.82) is 0 Å². The molecule has 1 fully saturated rings. The molecule has 1 aliphatic rings. The van der Waals surface area contributed by atoms with Crippen molar-refractivity contribution in [2.24, 2.45) is 5.73 Å². The summed E-state index contributed by atoms with van der Waals surface area (Å²) in [4.78, 5) is 48.3. The SMILES string of the molecule is CCC(N)(CC)C/C=C/C(=O)N(C)[C@H](Cc1ccc2ccccc2c1)C(=O)N(C)[C@H](Cc1cccs1)C(=O)NCCC1CCCN1C. The first kappa shape index (κ1) is 36.3. The number of fused-ring (bicyclic) bond motifs is 1. The van der Waals surface area contributed by atoms with Crippen LogP contribution in [0.15, 0.2) is 72.1 Å². The van der Waals surface area contributed by atoms with E-state index in [1.54, 1.807) is 30.3 Å². The molecular formula is C38H53N5O3S. The van der Waals surface area contributed by atoms with E-state index >= 15 is 0 Å². The molecule has 0 spiro atoms. The number of nitrogens with two attached hydrogens (primary N) is 1. The van der Waals surface area contributed by atoms with Crippen LogP contribution in [-0.2, 0) is 27.2 Å². The van der Waals surface area contributed by atoms with E-state index in [0.29, 0.717) is 31.8 Å². The number of thiophene rings is 1. The number of likely N-dealkylation sites (tertiary alicyclic amines) is 1. The summed E-state index contributed by atoms with van der Waals surface area (Å²) in [5.41, 5.74) is 7.04. The quantitative estimate of drug-likeness (QED) is 0.201. The zero-order chi connectivity index (χ0) is 34.0. The van der Waals surface area contributed by atoms with Gasteiger partial charge in [-0.2, -0.15) is 0 Å². The maximum atomic E-state index is 14.5. The number of nitrogens with one attached hydrogen (secondary N) is 1. The van der Waals surface area contributed by atoms with Crippen LogP contribution in [0.5, 0.6) is 0 Å². The van der Waals surface area contributed by atoms with Crippen molar-refractivity contribution in [2.45, 2.75) is 88.9 Å². The molecular weight excluding hydrogens is 607 g/mol. The van der Waals surface area contributed by atoms with E-state index < -0.39 is 12.1 Å². The van der Waals surface area contributed by atoms with Crippen molar-refractivity contribution in [3.8, 4) is 0 Å². The van der Waals surface area contributed by atoms with E-state index in [1.807, 2.05) is 53.9 Å². The van der Waals surface area contributed by atoms with Crippen molar-refractivity contribution in [3.05, 3.63) is 82.6 Å². The van der Waals surface area contributed by atoms with Gasteiger partial charge < -0.3 is 25.8 Å². The van der Waals surface area contributed by atoms with Gasteiger partial charge in [-0.05, 0) is 86.0 Å². The molecule has 8 nitrogen and oxygen atoms in total. The van der Waals surface area contributed by atoms with E-state index in [0.717, 1.165) is 53.4 Å². The van der Waals surface area contributed by atoms with Gasteiger partial charge in [0, 0.05) is 49.9 Å². The minimum Gasteiger partial charge on any atom is -0.354 e. The van der Waals surface area contributed by atoms with E-state index in [1.165, 1.54) is 17.4 Å². The molecule has 2 aromatic carbocycles. The fourth-order valence-electron chi connectivity index (χ4n) is 6.42. The number of amides is 3. The highest BCUT2D eigenvalue weighted by atomic mass is 32.1. The van der Waals surface area contributed by atoms with Crippen LogP contribution < -0.4 is 11.1 Å². The van der Waals surface area contributed by atoms with Gasteiger partial charge in [0.05, 0.1) is 0 Å². The maximum absolute atomic E-state index is 14.5. The molecule has 3 N–H and O–H groups in total. The normalized spacial score (nSPS) is 16.8. The summed E-state index contributed by atoms with van der Waals surface area (Å²) in [7, 11) is 5.50. The molecule has 1 saturated heterocycles. The third-order valence-electron chi connectivity index (χ3n) is 10.1. The van der Waals surface area contributed by atoms with Crippen LogP contribution in [-0.4, -0.2) is 90.3 Å². The van der Waals surface area contributed by atoms with Crippen LogP contribution in [0.25, 0.3) is 10.8 Å². The van der Waals surface area contributed by atoms with Crippen molar-refractivity contribution in [2.75, 3.05) is 34.2 Å². The molecule has 1 unspecified atom stereocenters. The number of carbonyl (C=O) groups is 3. The fraction of sp³-hybridized carbons (Fsp3) is 0.500. The van der Waals surface area contributed by atoms with Gasteiger partial charge in [-0.25, -0.2) is 0 Å². The third kappa shape index (κ3) is 9.75. The zero-order valence-corrected chi connectivity index (χ0v) is 29.6. The highest BCUT2D eigenvalue weighted by molar-refractivity contribution is 7.09. The van der Waals surface area contributed by atoms with Gasteiger partial charge in [0.1, 0.15) is 12.1 Å². The van der Waals surface area contributed by atoms with Crippen LogP contribution in [0.2, 0.25) is 0 Å². The topological polar surface area (TPSA) is 99.0 Å². The summed E-state index contributed by atoms with van der Waals surface area (Å²) in [5.74, 6) is -0.719. The Balaban J connectivity index is 1.58. The fourth-order valence-corrected chi connectivity index (χ4v) is 7.16. The summed E-state index contributed by atoms with van der Waals surface area (Å²) < 4.78 is 0. The van der Waals surface area contributed by atoms with Gasteiger partial charge in [-0.1, -0.05) is 68.5 Å². The number of carbonyl (C=O) groups excluding carboxylic acids is 3. The first-order valence-corrected chi connectivity index (χ1v) is 17.9. The van der Waals surface area contributed by atoms with Gasteiger partial charge >= 0.3 is 0 Å². The largest absolute Gasteiger partial charge is 0.354 e. The molecule has 0 aliphatic carbocycles. The first-order valence-electron chi connectivity index (χ1n) is 17.0. The lowest BCUT2D eigenvalue weighted by atomic mass is 9.90. The lowest BCUT2D eigenvalue weighted by Crippen LogP contribution is -2.56. The van der Waals surface area contributed by atoms with Crippen LogP contribution in [0.1, 0.15) is 62.8 Å². The smallest absolute Gasteiger partial charge is 0.246 e. The molecule has 0 saturated carbocycles. The molecule has 0 bridgehead atoms. The van der Waals surface area contributed by atoms with Gasteiger partial charge in [-0.3, -0.25) is 14.4 Å². The second-order valence-electron chi connectivity index (χ2n) is 13.1. The molecule has 254 valence electrons. The Bertz CT molecular complexity index is 1500. The Kier molecular flexibility index (Phi) is 13.2. The Morgan fingerprint density at radius 2 is 1.77 bits per heavy atom. The Morgan fingerprint density at radius 1 is 1.02 bits per heavy atom. The van der Waals surface area contributed by atoms with Crippen molar-refractivity contribution < 1.29 is 14.4 Å². The predicted octanol–water partition coefficient (Wildman–Crippen LogP) is 5.40. The summed E-state index contributed by atoms with van der Waals surface area (Å²) in [6.45, 7) is 5.74. The lowest BCUT2D eigenvalue weighted by molar-refractivity contribution is -0.146.